The normalized spacial score (nSPS) is 16.9. The number of nitrogens with one attached hydrogen (secondary N) is 2. The monoisotopic (exact) mass is 271 g/mol. The molecule has 0 unspecified atom stereocenters. The van der Waals surface area contributed by atoms with E-state index in [0.717, 1.165) is 28.5 Å². The number of hydrogen-bond donors (Lipinski definition) is 2. The van der Waals surface area contributed by atoms with Crippen LogP contribution in [0.4, 0.5) is 0 Å². The van der Waals surface area contributed by atoms with E-state index in [4.69, 9.17) is 15.7 Å². The molecule has 4 radical (unpaired) electrons. The number of rotatable bonds is 2. The number of aromatic nitrogens is 2. The Hall–Kier alpha value is -2.16. The van der Waals surface area contributed by atoms with E-state index in [1.165, 1.54) is 11.1 Å². The maximum Gasteiger partial charge on any atom is 0.116 e. The summed E-state index contributed by atoms with van der Waals surface area (Å²) in [4.78, 5) is 11.0. The van der Waals surface area contributed by atoms with Crippen LogP contribution in [0.3, 0.4) is 0 Å². The Morgan fingerprint density at radius 3 is 2.43 bits per heavy atom. The fraction of sp³-hybridized carbons (Fsp3) is 0.188. The van der Waals surface area contributed by atoms with E-state index in [-0.39, 0.29) is 0 Å². The number of aromatic amines is 2. The second kappa shape index (κ2) is 4.99. The summed E-state index contributed by atoms with van der Waals surface area (Å²) in [5.41, 5.74) is 7.97. The third kappa shape index (κ3) is 2.23. The fourth-order valence-corrected chi connectivity index (χ4v) is 2.45. The molecule has 2 N–H and O–H groups in total. The van der Waals surface area contributed by atoms with Crippen LogP contribution in [-0.2, 0) is 0 Å². The summed E-state index contributed by atoms with van der Waals surface area (Å²) >= 11 is 0. The molecule has 0 spiro atoms. The van der Waals surface area contributed by atoms with E-state index < -0.39 is 0 Å². The first kappa shape index (κ1) is 13.8. The van der Waals surface area contributed by atoms with Gasteiger partial charge in [0.05, 0.1) is 17.1 Å². The number of allylic oxidation sites excluding steroid dienone is 2. The summed E-state index contributed by atoms with van der Waals surface area (Å²) in [5.74, 6) is 0. The van der Waals surface area contributed by atoms with E-state index in [1.807, 2.05) is 31.3 Å². The first-order valence-corrected chi connectivity index (χ1v) is 6.85. The summed E-state index contributed by atoms with van der Waals surface area (Å²) in [7, 11) is 12.2. The van der Waals surface area contributed by atoms with Gasteiger partial charge in [0.15, 0.2) is 0 Å². The van der Waals surface area contributed by atoms with Crippen LogP contribution in [0.1, 0.15) is 26.5 Å². The topological polar surface area (TPSA) is 43.9 Å². The number of nitrogens with zero attached hydrogens (tertiary/aromatic N) is 1. The summed E-state index contributed by atoms with van der Waals surface area (Å²) < 4.78 is 0. The summed E-state index contributed by atoms with van der Waals surface area (Å²) in [6, 6.07) is 3.87. The molecule has 0 fully saturated rings. The van der Waals surface area contributed by atoms with Gasteiger partial charge in [0, 0.05) is 17.6 Å². The first-order valence-electron chi connectivity index (χ1n) is 6.85. The predicted molar refractivity (Wildman–Crippen MR) is 90.8 cm³/mol. The number of aliphatic imine (C=N–C) groups is 1. The van der Waals surface area contributed by atoms with Crippen molar-refractivity contribution in [2.24, 2.45) is 4.99 Å². The van der Waals surface area contributed by atoms with E-state index in [0.29, 0.717) is 10.9 Å². The largest absolute Gasteiger partial charge is 0.360 e. The van der Waals surface area contributed by atoms with Crippen molar-refractivity contribution >= 4 is 38.4 Å². The molecular weight excluding hydrogens is 256 g/mol. The molecule has 0 bridgehead atoms. The van der Waals surface area contributed by atoms with Gasteiger partial charge < -0.3 is 9.97 Å². The standard InChI is InChI=1S/C16H15B2N3/c1-8-9(2)12(20-10(8)3)7-13-14(17)15(18)16(21-13)11-5-4-6-19-11/h4-7,19,21H,1-3H3. The SMILES string of the molecule is [B]c1c(C=C2N=C(C)C(C)=C2C)[nH]c(-c2ccc[nH]2)c1[B]. The number of hydrogen-bond acceptors (Lipinski definition) is 1. The molecular formula is C16H15B2N3. The quantitative estimate of drug-likeness (QED) is 0.781. The lowest BCUT2D eigenvalue weighted by Gasteiger charge is -1.98. The lowest BCUT2D eigenvalue weighted by Crippen LogP contribution is -2.24. The van der Waals surface area contributed by atoms with Crippen molar-refractivity contribution in [3.8, 4) is 11.4 Å². The van der Waals surface area contributed by atoms with E-state index in [9.17, 15) is 0 Å². The van der Waals surface area contributed by atoms with E-state index >= 15 is 0 Å². The Morgan fingerprint density at radius 2 is 1.86 bits per heavy atom. The van der Waals surface area contributed by atoms with Gasteiger partial charge in [0.2, 0.25) is 0 Å². The van der Waals surface area contributed by atoms with Crippen molar-refractivity contribution in [3.63, 3.8) is 0 Å². The van der Waals surface area contributed by atoms with Crippen LogP contribution >= 0.6 is 0 Å². The van der Waals surface area contributed by atoms with Crippen molar-refractivity contribution in [1.29, 1.82) is 0 Å². The summed E-state index contributed by atoms with van der Waals surface area (Å²) in [6.45, 7) is 6.15. The molecule has 3 heterocycles. The average molecular weight is 271 g/mol. The molecule has 1 aliphatic rings. The molecule has 2 aromatic rings. The molecule has 3 rings (SSSR count). The van der Waals surface area contributed by atoms with Crippen molar-refractivity contribution in [2.45, 2.75) is 20.8 Å². The smallest absolute Gasteiger partial charge is 0.116 e. The van der Waals surface area contributed by atoms with Crippen molar-refractivity contribution in [1.82, 2.24) is 9.97 Å². The van der Waals surface area contributed by atoms with Gasteiger partial charge in [-0.1, -0.05) is 10.9 Å². The highest BCUT2D eigenvalue weighted by molar-refractivity contribution is 6.52. The molecule has 0 amide bonds. The molecule has 100 valence electrons. The zero-order valence-electron chi connectivity index (χ0n) is 12.4. The fourth-order valence-electron chi connectivity index (χ4n) is 2.45. The number of H-pyrrole nitrogens is 2. The third-order valence-electron chi connectivity index (χ3n) is 4.04. The second-order valence-electron chi connectivity index (χ2n) is 5.30. The van der Waals surface area contributed by atoms with Crippen LogP contribution in [0.15, 0.2) is 40.2 Å². The molecule has 21 heavy (non-hydrogen) atoms. The van der Waals surface area contributed by atoms with Gasteiger partial charge in [0.25, 0.3) is 0 Å². The second-order valence-corrected chi connectivity index (χ2v) is 5.30. The van der Waals surface area contributed by atoms with E-state index in [1.54, 1.807) is 0 Å². The van der Waals surface area contributed by atoms with Gasteiger partial charge in [-0.3, -0.25) is 4.99 Å². The Labute approximate surface area is 127 Å². The van der Waals surface area contributed by atoms with Crippen LogP contribution in [-0.4, -0.2) is 31.4 Å². The minimum Gasteiger partial charge on any atom is -0.360 e. The molecule has 0 aromatic carbocycles. The molecule has 0 aliphatic carbocycles. The molecule has 0 saturated carbocycles. The Morgan fingerprint density at radius 1 is 1.10 bits per heavy atom. The zero-order valence-corrected chi connectivity index (χ0v) is 12.4. The van der Waals surface area contributed by atoms with Gasteiger partial charge in [-0.05, 0) is 50.1 Å². The van der Waals surface area contributed by atoms with Crippen molar-refractivity contribution in [3.05, 3.63) is 40.9 Å². The van der Waals surface area contributed by atoms with Gasteiger partial charge in [-0.15, -0.1) is 0 Å². The lowest BCUT2D eigenvalue weighted by molar-refractivity contribution is 1.29. The van der Waals surface area contributed by atoms with Crippen LogP contribution in [0.25, 0.3) is 17.5 Å². The Kier molecular flexibility index (Phi) is 3.28. The first-order chi connectivity index (χ1) is 9.99. The highest BCUT2D eigenvalue weighted by Crippen LogP contribution is 2.26. The minimum atomic E-state index is 0.553. The lowest BCUT2D eigenvalue weighted by atomic mass is 9.80. The maximum atomic E-state index is 6.12. The third-order valence-corrected chi connectivity index (χ3v) is 4.04. The Bertz CT molecular complexity index is 790. The average Bonchev–Trinajstić information content (AvgIpc) is 3.13. The summed E-state index contributed by atoms with van der Waals surface area (Å²) in [5, 5.41) is 0. The minimum absolute atomic E-state index is 0.553. The van der Waals surface area contributed by atoms with Crippen LogP contribution in [0.5, 0.6) is 0 Å². The van der Waals surface area contributed by atoms with Crippen LogP contribution in [0.2, 0.25) is 0 Å². The van der Waals surface area contributed by atoms with Crippen molar-refractivity contribution in [2.75, 3.05) is 0 Å². The molecule has 5 heteroatoms. The molecule has 0 atom stereocenters. The predicted octanol–water partition coefficient (Wildman–Crippen LogP) is 1.75. The molecule has 2 aromatic heterocycles. The molecule has 0 saturated heterocycles. The molecule has 1 aliphatic heterocycles. The zero-order chi connectivity index (χ0) is 15.1. The maximum absolute atomic E-state index is 6.12. The Balaban J connectivity index is 2.08. The van der Waals surface area contributed by atoms with Gasteiger partial charge in [-0.25, -0.2) is 0 Å². The van der Waals surface area contributed by atoms with E-state index in [2.05, 4.69) is 28.8 Å². The molecule has 3 nitrogen and oxygen atoms in total. The van der Waals surface area contributed by atoms with Crippen LogP contribution < -0.4 is 10.9 Å². The van der Waals surface area contributed by atoms with Gasteiger partial charge in [-0.2, -0.15) is 0 Å². The highest BCUT2D eigenvalue weighted by Gasteiger charge is 2.16. The summed E-state index contributed by atoms with van der Waals surface area (Å²) in [6.07, 6.45) is 3.80. The van der Waals surface area contributed by atoms with Crippen molar-refractivity contribution < 1.29 is 0 Å². The van der Waals surface area contributed by atoms with Crippen LogP contribution in [0, 0.1) is 0 Å². The highest BCUT2D eigenvalue weighted by atomic mass is 14.8. The van der Waals surface area contributed by atoms with Gasteiger partial charge >= 0.3 is 0 Å². The van der Waals surface area contributed by atoms with Gasteiger partial charge in [0.1, 0.15) is 15.7 Å².